The second-order valence-corrected chi connectivity index (χ2v) is 5.20. The number of rotatable bonds is 5. The quantitative estimate of drug-likeness (QED) is 0.899. The highest BCUT2D eigenvalue weighted by Gasteiger charge is 2.16. The second kappa shape index (κ2) is 5.98. The summed E-state index contributed by atoms with van der Waals surface area (Å²) in [5.74, 6) is 0.936. The van der Waals surface area contributed by atoms with E-state index in [9.17, 15) is 0 Å². The van der Waals surface area contributed by atoms with Crippen LogP contribution in [0.4, 0.5) is 0 Å². The number of aromatic nitrogens is 1. The van der Waals surface area contributed by atoms with Crippen LogP contribution in [0.15, 0.2) is 29.8 Å². The van der Waals surface area contributed by atoms with Crippen molar-refractivity contribution in [2.45, 2.75) is 19.4 Å². The van der Waals surface area contributed by atoms with Gasteiger partial charge in [-0.15, -0.1) is 11.3 Å². The first kappa shape index (κ1) is 13.1. The highest BCUT2D eigenvalue weighted by atomic mass is 32.1. The molecule has 1 atom stereocenters. The molecular formula is C14H18N2OS. The Balaban J connectivity index is 2.26. The van der Waals surface area contributed by atoms with Crippen LogP contribution in [0.3, 0.4) is 0 Å². The average molecular weight is 262 g/mol. The van der Waals surface area contributed by atoms with Gasteiger partial charge in [0.1, 0.15) is 5.75 Å². The molecule has 0 spiro atoms. The predicted molar refractivity (Wildman–Crippen MR) is 75.3 cm³/mol. The van der Waals surface area contributed by atoms with Crippen molar-refractivity contribution in [3.8, 4) is 5.75 Å². The molecule has 4 heteroatoms. The predicted octanol–water partition coefficient (Wildman–Crippen LogP) is 2.96. The minimum Gasteiger partial charge on any atom is -0.496 e. The van der Waals surface area contributed by atoms with Gasteiger partial charge in [0, 0.05) is 29.6 Å². The maximum Gasteiger partial charge on any atom is 0.123 e. The Labute approximate surface area is 112 Å². The van der Waals surface area contributed by atoms with E-state index in [0.717, 1.165) is 17.2 Å². The summed E-state index contributed by atoms with van der Waals surface area (Å²) in [6, 6.07) is 6.54. The van der Waals surface area contributed by atoms with Gasteiger partial charge in [-0.05, 0) is 25.6 Å². The molecule has 0 aliphatic heterocycles. The van der Waals surface area contributed by atoms with Crippen molar-refractivity contribution in [1.82, 2.24) is 10.3 Å². The van der Waals surface area contributed by atoms with E-state index in [2.05, 4.69) is 35.4 Å². The van der Waals surface area contributed by atoms with Crippen LogP contribution in [0, 0.1) is 6.92 Å². The highest BCUT2D eigenvalue weighted by Crippen LogP contribution is 2.28. The number of nitrogens with one attached hydrogen (secondary N) is 1. The van der Waals surface area contributed by atoms with Crippen molar-refractivity contribution in [3.05, 3.63) is 45.9 Å². The Morgan fingerprint density at radius 2 is 2.28 bits per heavy atom. The fourth-order valence-corrected chi connectivity index (χ4v) is 2.67. The van der Waals surface area contributed by atoms with Crippen LogP contribution >= 0.6 is 11.3 Å². The molecule has 1 aromatic carbocycles. The lowest BCUT2D eigenvalue weighted by Crippen LogP contribution is -2.19. The van der Waals surface area contributed by atoms with Gasteiger partial charge in [0.25, 0.3) is 0 Å². The molecule has 1 heterocycles. The van der Waals surface area contributed by atoms with Crippen molar-refractivity contribution in [3.63, 3.8) is 0 Å². The van der Waals surface area contributed by atoms with Crippen molar-refractivity contribution in [2.75, 3.05) is 14.2 Å². The molecule has 0 fully saturated rings. The van der Waals surface area contributed by atoms with E-state index in [4.69, 9.17) is 4.74 Å². The van der Waals surface area contributed by atoms with E-state index in [1.54, 1.807) is 18.4 Å². The standard InChI is InChI=1S/C14H18N2OS/c1-10-4-5-11(13(8-10)17-3)12(15-2)9-14-16-6-7-18-14/h4-8,12,15H,9H2,1-3H3. The molecular weight excluding hydrogens is 244 g/mol. The zero-order chi connectivity index (χ0) is 13.0. The molecule has 96 valence electrons. The third-order valence-corrected chi connectivity index (χ3v) is 3.78. The number of methoxy groups -OCH3 is 1. The Morgan fingerprint density at radius 1 is 1.44 bits per heavy atom. The van der Waals surface area contributed by atoms with E-state index < -0.39 is 0 Å². The Hall–Kier alpha value is -1.39. The smallest absolute Gasteiger partial charge is 0.123 e. The van der Waals surface area contributed by atoms with Gasteiger partial charge in [-0.2, -0.15) is 0 Å². The summed E-state index contributed by atoms with van der Waals surface area (Å²) in [5.41, 5.74) is 2.39. The molecule has 18 heavy (non-hydrogen) atoms. The Bertz CT molecular complexity index is 497. The zero-order valence-electron chi connectivity index (χ0n) is 10.9. The Kier molecular flexibility index (Phi) is 4.33. The van der Waals surface area contributed by atoms with Crippen LogP contribution in [-0.4, -0.2) is 19.1 Å². The van der Waals surface area contributed by atoms with Crippen molar-refractivity contribution < 1.29 is 4.74 Å². The monoisotopic (exact) mass is 262 g/mol. The number of aryl methyl sites for hydroxylation is 1. The van der Waals surface area contributed by atoms with Crippen LogP contribution in [0.2, 0.25) is 0 Å². The molecule has 0 amide bonds. The van der Waals surface area contributed by atoms with Gasteiger partial charge in [-0.3, -0.25) is 0 Å². The lowest BCUT2D eigenvalue weighted by atomic mass is 10.0. The molecule has 1 aromatic heterocycles. The molecule has 0 radical (unpaired) electrons. The van der Waals surface area contributed by atoms with Crippen LogP contribution in [0.1, 0.15) is 22.2 Å². The van der Waals surface area contributed by atoms with Gasteiger partial charge in [0.2, 0.25) is 0 Å². The van der Waals surface area contributed by atoms with E-state index in [0.29, 0.717) is 0 Å². The van der Waals surface area contributed by atoms with Crippen molar-refractivity contribution in [1.29, 1.82) is 0 Å². The zero-order valence-corrected chi connectivity index (χ0v) is 11.8. The Morgan fingerprint density at radius 3 is 2.89 bits per heavy atom. The summed E-state index contributed by atoms with van der Waals surface area (Å²) in [5, 5.41) is 6.48. The van der Waals surface area contributed by atoms with Crippen molar-refractivity contribution >= 4 is 11.3 Å². The summed E-state index contributed by atoms with van der Waals surface area (Å²) in [7, 11) is 3.69. The first-order valence-corrected chi connectivity index (χ1v) is 6.82. The van der Waals surface area contributed by atoms with Crippen LogP contribution in [-0.2, 0) is 6.42 Å². The topological polar surface area (TPSA) is 34.2 Å². The van der Waals surface area contributed by atoms with E-state index in [1.807, 2.05) is 18.6 Å². The van der Waals surface area contributed by atoms with E-state index in [1.165, 1.54) is 11.1 Å². The maximum absolute atomic E-state index is 5.47. The van der Waals surface area contributed by atoms with E-state index in [-0.39, 0.29) is 6.04 Å². The maximum atomic E-state index is 5.47. The number of thiazole rings is 1. The summed E-state index contributed by atoms with van der Waals surface area (Å²) in [6.45, 7) is 2.07. The van der Waals surface area contributed by atoms with Gasteiger partial charge < -0.3 is 10.1 Å². The van der Waals surface area contributed by atoms with Gasteiger partial charge in [-0.1, -0.05) is 12.1 Å². The van der Waals surface area contributed by atoms with Gasteiger partial charge in [0.05, 0.1) is 12.1 Å². The minimum atomic E-state index is 0.228. The number of likely N-dealkylation sites (N-methyl/N-ethyl adjacent to an activating group) is 1. The molecule has 0 saturated heterocycles. The minimum absolute atomic E-state index is 0.228. The van der Waals surface area contributed by atoms with Crippen LogP contribution in [0.25, 0.3) is 0 Å². The fourth-order valence-electron chi connectivity index (χ4n) is 2.00. The van der Waals surface area contributed by atoms with Crippen LogP contribution in [0.5, 0.6) is 5.75 Å². The fraction of sp³-hybridized carbons (Fsp3) is 0.357. The molecule has 0 bridgehead atoms. The van der Waals surface area contributed by atoms with Gasteiger partial charge in [-0.25, -0.2) is 4.98 Å². The molecule has 0 aliphatic carbocycles. The average Bonchev–Trinajstić information content (AvgIpc) is 2.89. The molecule has 1 unspecified atom stereocenters. The van der Waals surface area contributed by atoms with Crippen LogP contribution < -0.4 is 10.1 Å². The highest BCUT2D eigenvalue weighted by molar-refractivity contribution is 7.09. The van der Waals surface area contributed by atoms with E-state index >= 15 is 0 Å². The largest absolute Gasteiger partial charge is 0.496 e. The summed E-state index contributed by atoms with van der Waals surface area (Å²) >= 11 is 1.69. The van der Waals surface area contributed by atoms with Gasteiger partial charge >= 0.3 is 0 Å². The SMILES string of the molecule is CNC(Cc1nccs1)c1ccc(C)cc1OC. The summed E-state index contributed by atoms with van der Waals surface area (Å²) in [6.07, 6.45) is 2.73. The molecule has 0 saturated carbocycles. The van der Waals surface area contributed by atoms with Crippen molar-refractivity contribution in [2.24, 2.45) is 0 Å². The normalized spacial score (nSPS) is 12.4. The molecule has 2 rings (SSSR count). The number of benzene rings is 1. The lowest BCUT2D eigenvalue weighted by Gasteiger charge is -2.18. The van der Waals surface area contributed by atoms with Gasteiger partial charge in [0.15, 0.2) is 0 Å². The first-order chi connectivity index (χ1) is 8.74. The number of nitrogens with zero attached hydrogens (tertiary/aromatic N) is 1. The molecule has 0 aliphatic rings. The molecule has 2 aromatic rings. The number of hydrogen-bond acceptors (Lipinski definition) is 4. The number of ether oxygens (including phenoxy) is 1. The summed E-state index contributed by atoms with van der Waals surface area (Å²) in [4.78, 5) is 4.34. The first-order valence-electron chi connectivity index (χ1n) is 5.94. The molecule has 1 N–H and O–H groups in total. The third kappa shape index (κ3) is 2.89. The summed E-state index contributed by atoms with van der Waals surface area (Å²) < 4.78 is 5.47. The third-order valence-electron chi connectivity index (χ3n) is 2.98. The molecule has 3 nitrogen and oxygen atoms in total. The number of hydrogen-bond donors (Lipinski definition) is 1. The second-order valence-electron chi connectivity index (χ2n) is 4.22. The lowest BCUT2D eigenvalue weighted by molar-refractivity contribution is 0.401.